The molecule has 3 aliphatic rings. The van der Waals surface area contributed by atoms with Crippen LogP contribution in [0.5, 0.6) is 0 Å². The van der Waals surface area contributed by atoms with E-state index in [0.29, 0.717) is 11.4 Å². The molecule has 3 heterocycles. The van der Waals surface area contributed by atoms with Crippen molar-refractivity contribution in [2.75, 3.05) is 49.1 Å². The molecule has 0 aliphatic carbocycles. The van der Waals surface area contributed by atoms with Crippen LogP contribution in [0.1, 0.15) is 19.8 Å². The second-order valence-corrected chi connectivity index (χ2v) is 8.19. The summed E-state index contributed by atoms with van der Waals surface area (Å²) in [5, 5.41) is 2.62. The van der Waals surface area contributed by atoms with Crippen molar-refractivity contribution in [2.45, 2.75) is 25.9 Å². The Morgan fingerprint density at radius 1 is 1.34 bits per heavy atom. The lowest BCUT2D eigenvalue weighted by Gasteiger charge is -2.25. The fraction of sp³-hybridized carbons (Fsp3) is 0.550. The third-order valence-corrected chi connectivity index (χ3v) is 6.09. The third kappa shape index (κ3) is 3.86. The van der Waals surface area contributed by atoms with Gasteiger partial charge in [-0.3, -0.25) is 14.5 Å². The summed E-state index contributed by atoms with van der Waals surface area (Å²) >= 11 is 0. The largest absolute Gasteiger partial charge is 0.442 e. The molecule has 1 aromatic rings. The summed E-state index contributed by atoms with van der Waals surface area (Å²) in [5.41, 5.74) is 0.989. The summed E-state index contributed by atoms with van der Waals surface area (Å²) < 4.78 is 20.1. The van der Waals surface area contributed by atoms with Crippen molar-refractivity contribution in [2.24, 2.45) is 5.41 Å². The maximum atomic E-state index is 14.9. The average molecular weight is 404 g/mol. The smallest absolute Gasteiger partial charge is 0.414 e. The Labute approximate surface area is 168 Å². The average Bonchev–Trinajstić information content (AvgIpc) is 3.39. The zero-order valence-corrected chi connectivity index (χ0v) is 16.4. The number of hydrogen-bond acceptors (Lipinski definition) is 5. The number of amides is 3. The zero-order valence-electron chi connectivity index (χ0n) is 16.4. The van der Waals surface area contributed by atoms with Crippen LogP contribution in [0.15, 0.2) is 18.2 Å². The molecule has 9 heteroatoms. The highest BCUT2D eigenvalue weighted by Gasteiger charge is 2.43. The highest BCUT2D eigenvalue weighted by molar-refractivity contribution is 5.90. The van der Waals surface area contributed by atoms with E-state index in [-0.39, 0.29) is 30.2 Å². The van der Waals surface area contributed by atoms with Crippen molar-refractivity contribution in [3.05, 3.63) is 24.0 Å². The normalized spacial score (nSPS) is 26.3. The van der Waals surface area contributed by atoms with Gasteiger partial charge in [-0.25, -0.2) is 9.18 Å². The molecule has 3 fully saturated rings. The SMILES string of the molecule is CC(=O)NCC1CN(c2ccc(N3CCC4(CCN(C=O)C4)C3)c(F)c2)C(=O)O1. The number of hydrogen-bond donors (Lipinski definition) is 1. The summed E-state index contributed by atoms with van der Waals surface area (Å²) in [5.74, 6) is -0.584. The number of likely N-dealkylation sites (tertiary alicyclic amines) is 1. The molecular formula is C20H25FN4O4. The first-order chi connectivity index (χ1) is 13.9. The van der Waals surface area contributed by atoms with E-state index >= 15 is 0 Å². The molecule has 1 N–H and O–H groups in total. The van der Waals surface area contributed by atoms with Crippen LogP contribution in [0.3, 0.4) is 0 Å². The number of halogens is 1. The lowest BCUT2D eigenvalue weighted by molar-refractivity contribution is -0.119. The van der Waals surface area contributed by atoms with Gasteiger partial charge < -0.3 is 19.9 Å². The van der Waals surface area contributed by atoms with Gasteiger partial charge in [0.1, 0.15) is 11.9 Å². The first-order valence-electron chi connectivity index (χ1n) is 9.86. The van der Waals surface area contributed by atoms with Crippen LogP contribution in [0.25, 0.3) is 0 Å². The van der Waals surface area contributed by atoms with Crippen molar-refractivity contribution in [3.8, 4) is 0 Å². The van der Waals surface area contributed by atoms with Crippen LogP contribution in [0.4, 0.5) is 20.6 Å². The lowest BCUT2D eigenvalue weighted by atomic mass is 9.86. The van der Waals surface area contributed by atoms with Gasteiger partial charge in [0.05, 0.1) is 24.5 Å². The van der Waals surface area contributed by atoms with E-state index in [1.807, 2.05) is 4.90 Å². The Morgan fingerprint density at radius 2 is 2.14 bits per heavy atom. The van der Waals surface area contributed by atoms with Gasteiger partial charge >= 0.3 is 6.09 Å². The molecule has 0 saturated carbocycles. The summed E-state index contributed by atoms with van der Waals surface area (Å²) in [7, 11) is 0. The van der Waals surface area contributed by atoms with Gasteiger partial charge in [-0.15, -0.1) is 0 Å². The Balaban J connectivity index is 1.43. The quantitative estimate of drug-likeness (QED) is 0.749. The first kappa shape index (κ1) is 19.5. The third-order valence-electron chi connectivity index (χ3n) is 6.09. The Hall–Kier alpha value is -2.84. The molecule has 2 unspecified atom stereocenters. The Morgan fingerprint density at radius 3 is 2.83 bits per heavy atom. The molecule has 0 bridgehead atoms. The Bertz CT molecular complexity index is 835. The van der Waals surface area contributed by atoms with E-state index in [1.54, 1.807) is 17.0 Å². The van der Waals surface area contributed by atoms with Crippen molar-refractivity contribution >= 4 is 29.8 Å². The van der Waals surface area contributed by atoms with E-state index < -0.39 is 12.2 Å². The van der Waals surface area contributed by atoms with Crippen LogP contribution in [-0.4, -0.2) is 68.7 Å². The number of nitrogens with zero attached hydrogens (tertiary/aromatic N) is 3. The van der Waals surface area contributed by atoms with Crippen LogP contribution in [-0.2, 0) is 14.3 Å². The lowest BCUT2D eigenvalue weighted by Crippen LogP contribution is -2.33. The number of cyclic esters (lactones) is 1. The van der Waals surface area contributed by atoms with Gasteiger partial charge in [0.25, 0.3) is 0 Å². The minimum Gasteiger partial charge on any atom is -0.442 e. The number of nitrogens with one attached hydrogen (secondary N) is 1. The molecule has 2 atom stereocenters. The summed E-state index contributed by atoms with van der Waals surface area (Å²) in [6, 6.07) is 4.77. The maximum Gasteiger partial charge on any atom is 0.414 e. The van der Waals surface area contributed by atoms with Crippen LogP contribution in [0.2, 0.25) is 0 Å². The molecule has 3 aliphatic heterocycles. The predicted molar refractivity (Wildman–Crippen MR) is 104 cm³/mol. The molecule has 4 rings (SSSR count). The molecule has 0 radical (unpaired) electrons. The number of benzene rings is 1. The van der Waals surface area contributed by atoms with Crippen molar-refractivity contribution < 1.29 is 23.5 Å². The second kappa shape index (κ2) is 7.53. The number of ether oxygens (including phenoxy) is 1. The number of carbonyl (C=O) groups is 3. The van der Waals surface area contributed by atoms with E-state index in [9.17, 15) is 18.8 Å². The summed E-state index contributed by atoms with van der Waals surface area (Å²) in [6.45, 7) is 4.83. The standard InChI is InChI=1S/C20H25FN4O4/c1-14(27)22-9-16-10-25(19(28)29-16)15-2-3-18(17(21)8-15)24-7-5-20(12-24)4-6-23(11-20)13-26/h2-3,8,13,16H,4-7,9-12H2,1H3,(H,22,27). The van der Waals surface area contributed by atoms with Crippen LogP contribution in [0, 0.1) is 11.2 Å². The molecular weight excluding hydrogens is 379 g/mol. The highest BCUT2D eigenvalue weighted by atomic mass is 19.1. The molecule has 1 spiro atoms. The molecule has 8 nitrogen and oxygen atoms in total. The van der Waals surface area contributed by atoms with Crippen molar-refractivity contribution in [3.63, 3.8) is 0 Å². The van der Waals surface area contributed by atoms with Gasteiger partial charge in [0.15, 0.2) is 0 Å². The Kier molecular flexibility index (Phi) is 5.06. The molecule has 156 valence electrons. The fourth-order valence-corrected chi connectivity index (χ4v) is 4.55. The minimum absolute atomic E-state index is 0.0434. The van der Waals surface area contributed by atoms with E-state index in [4.69, 9.17) is 4.74 Å². The maximum absolute atomic E-state index is 14.9. The second-order valence-electron chi connectivity index (χ2n) is 8.19. The van der Waals surface area contributed by atoms with Gasteiger partial charge in [-0.05, 0) is 31.0 Å². The topological polar surface area (TPSA) is 82.2 Å². The van der Waals surface area contributed by atoms with Gasteiger partial charge in [0.2, 0.25) is 12.3 Å². The molecule has 1 aromatic carbocycles. The predicted octanol–water partition coefficient (Wildman–Crippen LogP) is 1.35. The molecule has 3 saturated heterocycles. The summed E-state index contributed by atoms with van der Waals surface area (Å²) in [6.07, 6.45) is 1.75. The minimum atomic E-state index is -0.549. The van der Waals surface area contributed by atoms with Gasteiger partial charge in [-0.2, -0.15) is 0 Å². The number of carbonyl (C=O) groups excluding carboxylic acids is 3. The monoisotopic (exact) mass is 404 g/mol. The van der Waals surface area contributed by atoms with Crippen LogP contribution >= 0.6 is 0 Å². The zero-order chi connectivity index (χ0) is 20.6. The number of rotatable bonds is 5. The molecule has 29 heavy (non-hydrogen) atoms. The highest BCUT2D eigenvalue weighted by Crippen LogP contribution is 2.41. The van der Waals surface area contributed by atoms with E-state index in [0.717, 1.165) is 45.4 Å². The van der Waals surface area contributed by atoms with Gasteiger partial charge in [-0.1, -0.05) is 0 Å². The fourth-order valence-electron chi connectivity index (χ4n) is 4.55. The van der Waals surface area contributed by atoms with Crippen LogP contribution < -0.4 is 15.1 Å². The van der Waals surface area contributed by atoms with E-state index in [1.165, 1.54) is 17.9 Å². The van der Waals surface area contributed by atoms with Gasteiger partial charge in [0, 0.05) is 38.5 Å². The first-order valence-corrected chi connectivity index (χ1v) is 9.86. The summed E-state index contributed by atoms with van der Waals surface area (Å²) in [4.78, 5) is 39.4. The van der Waals surface area contributed by atoms with Crippen molar-refractivity contribution in [1.82, 2.24) is 10.2 Å². The van der Waals surface area contributed by atoms with E-state index in [2.05, 4.69) is 5.32 Å². The molecule has 0 aromatic heterocycles. The molecule has 3 amide bonds. The van der Waals surface area contributed by atoms with Crippen molar-refractivity contribution in [1.29, 1.82) is 0 Å². The number of anilines is 2.